The Balaban J connectivity index is 1.73. The van der Waals surface area contributed by atoms with Crippen molar-refractivity contribution in [3.63, 3.8) is 0 Å². The van der Waals surface area contributed by atoms with Crippen LogP contribution in [0.2, 0.25) is 0 Å². The highest BCUT2D eigenvalue weighted by molar-refractivity contribution is 5.83. The van der Waals surface area contributed by atoms with Gasteiger partial charge in [0.1, 0.15) is 11.9 Å². The average molecular weight is 342 g/mol. The number of piperazine rings is 1. The minimum Gasteiger partial charge on any atom is -0.344 e. The van der Waals surface area contributed by atoms with Crippen molar-refractivity contribution in [3.8, 4) is 6.07 Å². The summed E-state index contributed by atoms with van der Waals surface area (Å²) in [6.45, 7) is 3.07. The Morgan fingerprint density at radius 3 is 2.68 bits per heavy atom. The molecule has 0 bridgehead atoms. The third kappa shape index (κ3) is 3.58. The highest BCUT2D eigenvalue weighted by Crippen LogP contribution is 2.21. The number of rotatable bonds is 3. The van der Waals surface area contributed by atoms with Crippen LogP contribution in [0, 0.1) is 29.9 Å². The van der Waals surface area contributed by atoms with E-state index in [0.29, 0.717) is 30.0 Å². The van der Waals surface area contributed by atoms with Crippen LogP contribution in [0.1, 0.15) is 16.8 Å². The van der Waals surface area contributed by atoms with Crippen molar-refractivity contribution in [3.05, 3.63) is 58.8 Å². The molecule has 0 saturated carbocycles. The summed E-state index contributed by atoms with van der Waals surface area (Å²) in [5.41, 5.74) is 1.73. The van der Waals surface area contributed by atoms with E-state index < -0.39 is 11.6 Å². The van der Waals surface area contributed by atoms with E-state index in [1.165, 1.54) is 6.07 Å². The molecule has 3 rings (SSSR count). The van der Waals surface area contributed by atoms with Gasteiger partial charge in [0.2, 0.25) is 5.91 Å². The first-order valence-corrected chi connectivity index (χ1v) is 7.82. The predicted molar refractivity (Wildman–Crippen MR) is 87.7 cm³/mol. The van der Waals surface area contributed by atoms with Gasteiger partial charge in [-0.25, -0.2) is 13.8 Å². The maximum atomic E-state index is 13.3. The van der Waals surface area contributed by atoms with Crippen molar-refractivity contribution in [2.24, 2.45) is 0 Å². The second-order valence-electron chi connectivity index (χ2n) is 5.92. The summed E-state index contributed by atoms with van der Waals surface area (Å²) in [6, 6.07) is 9.16. The van der Waals surface area contributed by atoms with Crippen molar-refractivity contribution in [2.45, 2.75) is 13.5 Å². The molecule has 1 aromatic carbocycles. The summed E-state index contributed by atoms with van der Waals surface area (Å²) >= 11 is 0. The lowest BCUT2D eigenvalue weighted by molar-refractivity contribution is -0.131. The van der Waals surface area contributed by atoms with Gasteiger partial charge in [0.15, 0.2) is 11.6 Å². The number of aryl methyl sites for hydroxylation is 1. The van der Waals surface area contributed by atoms with Crippen molar-refractivity contribution < 1.29 is 13.6 Å². The minimum atomic E-state index is -0.925. The van der Waals surface area contributed by atoms with Crippen LogP contribution >= 0.6 is 0 Å². The maximum absolute atomic E-state index is 13.3. The van der Waals surface area contributed by atoms with E-state index in [2.05, 4.69) is 11.1 Å². The molecule has 1 amide bonds. The first-order chi connectivity index (χ1) is 12.0. The number of pyridine rings is 1. The molecule has 0 atom stereocenters. The molecule has 2 aromatic rings. The fourth-order valence-electron chi connectivity index (χ4n) is 2.79. The van der Waals surface area contributed by atoms with Crippen molar-refractivity contribution in [1.82, 2.24) is 9.88 Å². The van der Waals surface area contributed by atoms with Crippen LogP contribution in [0.25, 0.3) is 0 Å². The molecule has 0 N–H and O–H groups in total. The van der Waals surface area contributed by atoms with E-state index in [9.17, 15) is 18.8 Å². The topological polar surface area (TPSA) is 60.2 Å². The molecule has 2 heterocycles. The van der Waals surface area contributed by atoms with Crippen molar-refractivity contribution in [2.75, 3.05) is 24.5 Å². The maximum Gasteiger partial charge on any atom is 0.242 e. The van der Waals surface area contributed by atoms with Gasteiger partial charge in [0, 0.05) is 25.3 Å². The summed E-state index contributed by atoms with van der Waals surface area (Å²) < 4.78 is 26.3. The zero-order valence-corrected chi connectivity index (χ0v) is 13.7. The molecular formula is C18H16F2N4O. The van der Waals surface area contributed by atoms with Gasteiger partial charge in [-0.15, -0.1) is 0 Å². The Kier molecular flexibility index (Phi) is 4.61. The van der Waals surface area contributed by atoms with Crippen molar-refractivity contribution >= 4 is 11.7 Å². The fraction of sp³-hybridized carbons (Fsp3) is 0.278. The third-order valence-electron chi connectivity index (χ3n) is 4.11. The van der Waals surface area contributed by atoms with Crippen LogP contribution in [0.5, 0.6) is 0 Å². The van der Waals surface area contributed by atoms with Gasteiger partial charge < -0.3 is 9.80 Å². The Hall–Kier alpha value is -3.01. The lowest BCUT2D eigenvalue weighted by Gasteiger charge is -2.35. The average Bonchev–Trinajstić information content (AvgIpc) is 2.60. The standard InChI is InChI=1S/C18H16F2N4O/c1-12-2-4-14(9-21)18(22-12)24-7-6-23(17(25)11-24)10-13-3-5-15(19)16(20)8-13/h2-5,8H,6-7,10-11H2,1H3. The molecule has 7 heteroatoms. The molecular weight excluding hydrogens is 326 g/mol. The van der Waals surface area contributed by atoms with Crippen LogP contribution < -0.4 is 4.90 Å². The SMILES string of the molecule is Cc1ccc(C#N)c(N2CCN(Cc3ccc(F)c(F)c3)C(=O)C2)n1. The number of amides is 1. The zero-order valence-electron chi connectivity index (χ0n) is 13.7. The molecule has 1 fully saturated rings. The summed E-state index contributed by atoms with van der Waals surface area (Å²) in [7, 11) is 0. The van der Waals surface area contributed by atoms with Crippen LogP contribution in [0.15, 0.2) is 30.3 Å². The van der Waals surface area contributed by atoms with Gasteiger partial charge >= 0.3 is 0 Å². The molecule has 128 valence electrons. The van der Waals surface area contributed by atoms with Crippen LogP contribution in [-0.4, -0.2) is 35.4 Å². The van der Waals surface area contributed by atoms with Gasteiger partial charge in [0.05, 0.1) is 12.1 Å². The first kappa shape index (κ1) is 16.8. The molecule has 5 nitrogen and oxygen atoms in total. The molecule has 1 aromatic heterocycles. The van der Waals surface area contributed by atoms with Gasteiger partial charge in [-0.1, -0.05) is 6.07 Å². The molecule has 1 saturated heterocycles. The van der Waals surface area contributed by atoms with E-state index in [-0.39, 0.29) is 19.0 Å². The Morgan fingerprint density at radius 2 is 2.00 bits per heavy atom. The number of carbonyl (C=O) groups excluding carboxylic acids is 1. The number of aromatic nitrogens is 1. The summed E-state index contributed by atoms with van der Waals surface area (Å²) in [6.07, 6.45) is 0. The predicted octanol–water partition coefficient (Wildman–Crippen LogP) is 2.39. The largest absolute Gasteiger partial charge is 0.344 e. The monoisotopic (exact) mass is 342 g/mol. The fourth-order valence-corrected chi connectivity index (χ4v) is 2.79. The normalized spacial score (nSPS) is 14.6. The second-order valence-corrected chi connectivity index (χ2v) is 5.92. The van der Waals surface area contributed by atoms with Gasteiger partial charge in [0.25, 0.3) is 0 Å². The minimum absolute atomic E-state index is 0.0921. The van der Waals surface area contributed by atoms with Gasteiger partial charge in [-0.05, 0) is 36.8 Å². The molecule has 25 heavy (non-hydrogen) atoms. The molecule has 1 aliphatic heterocycles. The highest BCUT2D eigenvalue weighted by Gasteiger charge is 2.26. The van der Waals surface area contributed by atoms with E-state index in [0.717, 1.165) is 17.8 Å². The smallest absolute Gasteiger partial charge is 0.242 e. The lowest BCUT2D eigenvalue weighted by atomic mass is 10.1. The summed E-state index contributed by atoms with van der Waals surface area (Å²) in [5.74, 6) is -1.48. The second kappa shape index (κ2) is 6.85. The number of nitrogens with zero attached hydrogens (tertiary/aromatic N) is 4. The number of hydrogen-bond donors (Lipinski definition) is 0. The quantitative estimate of drug-likeness (QED) is 0.859. The molecule has 0 aliphatic carbocycles. The Labute approximate surface area is 144 Å². The number of anilines is 1. The number of nitriles is 1. The van der Waals surface area contributed by atoms with Gasteiger partial charge in [-0.2, -0.15) is 5.26 Å². The first-order valence-electron chi connectivity index (χ1n) is 7.82. The van der Waals surface area contributed by atoms with E-state index in [1.54, 1.807) is 21.9 Å². The van der Waals surface area contributed by atoms with Crippen molar-refractivity contribution in [1.29, 1.82) is 5.26 Å². The lowest BCUT2D eigenvalue weighted by Crippen LogP contribution is -2.50. The number of hydrogen-bond acceptors (Lipinski definition) is 4. The summed E-state index contributed by atoms with van der Waals surface area (Å²) in [5, 5.41) is 9.22. The number of halogens is 2. The Morgan fingerprint density at radius 1 is 1.20 bits per heavy atom. The summed E-state index contributed by atoms with van der Waals surface area (Å²) in [4.78, 5) is 20.2. The molecule has 0 radical (unpaired) electrons. The zero-order chi connectivity index (χ0) is 18.0. The van der Waals surface area contributed by atoms with Crippen LogP contribution in [0.4, 0.5) is 14.6 Å². The molecule has 0 spiro atoms. The highest BCUT2D eigenvalue weighted by atomic mass is 19.2. The Bertz CT molecular complexity index is 863. The van der Waals surface area contributed by atoms with E-state index in [4.69, 9.17) is 0 Å². The van der Waals surface area contributed by atoms with Gasteiger partial charge in [-0.3, -0.25) is 4.79 Å². The molecule has 0 unspecified atom stereocenters. The number of carbonyl (C=O) groups is 1. The van der Waals surface area contributed by atoms with Crippen LogP contribution in [0.3, 0.4) is 0 Å². The third-order valence-corrected chi connectivity index (χ3v) is 4.11. The van der Waals surface area contributed by atoms with E-state index >= 15 is 0 Å². The van der Waals surface area contributed by atoms with Crippen LogP contribution in [-0.2, 0) is 11.3 Å². The number of benzene rings is 1. The van der Waals surface area contributed by atoms with E-state index in [1.807, 2.05) is 6.92 Å². The molecule has 1 aliphatic rings.